The molecule has 1 N–H and O–H groups in total. The molecule has 0 aromatic carbocycles. The molecule has 1 atom stereocenters. The van der Waals surface area contributed by atoms with E-state index in [-0.39, 0.29) is 6.61 Å². The highest BCUT2D eigenvalue weighted by Gasteiger charge is 2.01. The maximum Gasteiger partial charge on any atom is 0.178 e. The van der Waals surface area contributed by atoms with Crippen molar-refractivity contribution in [2.75, 3.05) is 33.5 Å². The number of hydrogen-bond acceptors (Lipinski definition) is 4. The molecule has 0 aliphatic carbocycles. The average Bonchev–Trinajstić information content (AvgIpc) is 2.01. The molecule has 0 saturated heterocycles. The molecule has 0 spiro atoms. The molecule has 0 amide bonds. The van der Waals surface area contributed by atoms with Crippen molar-refractivity contribution < 1.29 is 19.3 Å². The van der Waals surface area contributed by atoms with E-state index < -0.39 is 6.29 Å². The molecule has 0 bridgehead atoms. The molecule has 0 aliphatic rings. The molecule has 68 valence electrons. The van der Waals surface area contributed by atoms with Gasteiger partial charge >= 0.3 is 0 Å². The number of ether oxygens (including phenoxy) is 3. The van der Waals surface area contributed by atoms with Crippen LogP contribution in [0.4, 0.5) is 0 Å². The van der Waals surface area contributed by atoms with Crippen LogP contribution in [0.1, 0.15) is 6.92 Å². The number of aliphatic hydroxyl groups excluding tert-OH is 1. The van der Waals surface area contributed by atoms with E-state index in [4.69, 9.17) is 19.3 Å². The number of rotatable bonds is 7. The van der Waals surface area contributed by atoms with E-state index in [1.807, 2.05) is 6.92 Å². The smallest absolute Gasteiger partial charge is 0.178 e. The lowest BCUT2D eigenvalue weighted by Crippen LogP contribution is -2.21. The Morgan fingerprint density at radius 1 is 1.36 bits per heavy atom. The predicted octanol–water partition coefficient (Wildman–Crippen LogP) is 0.00430. The Bertz CT molecular complexity index is 76.8. The van der Waals surface area contributed by atoms with Crippen LogP contribution in [-0.2, 0) is 14.2 Å². The summed E-state index contributed by atoms with van der Waals surface area (Å²) in [6, 6.07) is 0. The lowest BCUT2D eigenvalue weighted by atomic mass is 10.6. The molecule has 4 heteroatoms. The summed E-state index contributed by atoms with van der Waals surface area (Å²) in [6.07, 6.45) is -0.829. The second-order valence-corrected chi connectivity index (χ2v) is 1.98. The van der Waals surface area contributed by atoms with Crippen LogP contribution in [0.15, 0.2) is 0 Å². The van der Waals surface area contributed by atoms with E-state index in [1.54, 1.807) is 7.11 Å². The summed E-state index contributed by atoms with van der Waals surface area (Å²) < 4.78 is 14.5. The van der Waals surface area contributed by atoms with E-state index >= 15 is 0 Å². The van der Waals surface area contributed by atoms with Crippen molar-refractivity contribution in [2.24, 2.45) is 0 Å². The minimum atomic E-state index is -0.829. The van der Waals surface area contributed by atoms with Crippen LogP contribution in [-0.4, -0.2) is 44.9 Å². The Morgan fingerprint density at radius 2 is 2.09 bits per heavy atom. The third kappa shape index (κ3) is 7.74. The Hall–Kier alpha value is -0.160. The van der Waals surface area contributed by atoms with Gasteiger partial charge < -0.3 is 19.3 Å². The first-order valence-corrected chi connectivity index (χ1v) is 3.67. The highest BCUT2D eigenvalue weighted by atomic mass is 16.6. The largest absolute Gasteiger partial charge is 0.382 e. The number of hydrogen-bond donors (Lipinski definition) is 1. The van der Waals surface area contributed by atoms with Gasteiger partial charge in [-0.25, -0.2) is 0 Å². The molecule has 0 aliphatic heterocycles. The molecule has 0 fully saturated rings. The number of aliphatic hydroxyl groups is 1. The van der Waals surface area contributed by atoms with Gasteiger partial charge in [-0.05, 0) is 6.92 Å². The van der Waals surface area contributed by atoms with Crippen LogP contribution < -0.4 is 0 Å². The van der Waals surface area contributed by atoms with Gasteiger partial charge in [0, 0.05) is 13.7 Å². The summed E-state index contributed by atoms with van der Waals surface area (Å²) >= 11 is 0. The third-order valence-corrected chi connectivity index (χ3v) is 1.06. The monoisotopic (exact) mass is 164 g/mol. The first kappa shape index (κ1) is 10.8. The quantitative estimate of drug-likeness (QED) is 0.425. The standard InChI is InChI=1S/C7H16O4/c1-3-10-6-7(8)11-5-4-9-2/h7-8H,3-6H2,1-2H3. The highest BCUT2D eigenvalue weighted by Crippen LogP contribution is 1.88. The van der Waals surface area contributed by atoms with Crippen molar-refractivity contribution in [3.05, 3.63) is 0 Å². The van der Waals surface area contributed by atoms with Crippen LogP contribution in [0, 0.1) is 0 Å². The van der Waals surface area contributed by atoms with E-state index in [1.165, 1.54) is 0 Å². The fraction of sp³-hybridized carbons (Fsp3) is 1.00. The molecule has 0 aromatic heterocycles. The average molecular weight is 164 g/mol. The Kier molecular flexibility index (Phi) is 7.83. The van der Waals surface area contributed by atoms with Crippen molar-refractivity contribution in [2.45, 2.75) is 13.2 Å². The van der Waals surface area contributed by atoms with Crippen LogP contribution >= 0.6 is 0 Å². The predicted molar refractivity (Wildman–Crippen MR) is 40.3 cm³/mol. The van der Waals surface area contributed by atoms with E-state index in [0.717, 1.165) is 0 Å². The molecular formula is C7H16O4. The van der Waals surface area contributed by atoms with E-state index in [2.05, 4.69) is 0 Å². The van der Waals surface area contributed by atoms with Gasteiger partial charge in [-0.1, -0.05) is 0 Å². The second-order valence-electron chi connectivity index (χ2n) is 1.98. The molecular weight excluding hydrogens is 148 g/mol. The summed E-state index contributed by atoms with van der Waals surface area (Å²) in [4.78, 5) is 0. The number of methoxy groups -OCH3 is 1. The molecule has 0 saturated carbocycles. The van der Waals surface area contributed by atoms with Crippen LogP contribution in [0.5, 0.6) is 0 Å². The van der Waals surface area contributed by atoms with Crippen molar-refractivity contribution in [3.8, 4) is 0 Å². The maximum atomic E-state index is 9.00. The van der Waals surface area contributed by atoms with Crippen molar-refractivity contribution in [1.29, 1.82) is 0 Å². The van der Waals surface area contributed by atoms with Gasteiger partial charge in [-0.15, -0.1) is 0 Å². The first-order valence-electron chi connectivity index (χ1n) is 3.67. The Balaban J connectivity index is 3.02. The van der Waals surface area contributed by atoms with Crippen LogP contribution in [0.25, 0.3) is 0 Å². The molecule has 0 rings (SSSR count). The van der Waals surface area contributed by atoms with Gasteiger partial charge in [-0.2, -0.15) is 0 Å². The molecule has 0 aromatic rings. The summed E-state index contributed by atoms with van der Waals surface area (Å²) in [5.74, 6) is 0. The minimum Gasteiger partial charge on any atom is -0.382 e. The van der Waals surface area contributed by atoms with Crippen LogP contribution in [0.2, 0.25) is 0 Å². The topological polar surface area (TPSA) is 47.9 Å². The Morgan fingerprint density at radius 3 is 2.64 bits per heavy atom. The molecule has 0 heterocycles. The lowest BCUT2D eigenvalue weighted by molar-refractivity contribution is -0.143. The molecule has 1 unspecified atom stereocenters. The van der Waals surface area contributed by atoms with Gasteiger partial charge in [0.25, 0.3) is 0 Å². The van der Waals surface area contributed by atoms with Crippen molar-refractivity contribution >= 4 is 0 Å². The van der Waals surface area contributed by atoms with Gasteiger partial charge in [0.2, 0.25) is 0 Å². The van der Waals surface area contributed by atoms with E-state index in [9.17, 15) is 0 Å². The van der Waals surface area contributed by atoms with Gasteiger partial charge in [0.05, 0.1) is 19.8 Å². The SMILES string of the molecule is CCOCC(O)OCCOC. The zero-order chi connectivity index (χ0) is 8.53. The first-order chi connectivity index (χ1) is 5.31. The normalized spacial score (nSPS) is 13.4. The maximum absolute atomic E-state index is 9.00. The zero-order valence-corrected chi connectivity index (χ0v) is 7.08. The summed E-state index contributed by atoms with van der Waals surface area (Å²) in [5, 5.41) is 9.00. The highest BCUT2D eigenvalue weighted by molar-refractivity contribution is 4.36. The third-order valence-electron chi connectivity index (χ3n) is 1.06. The summed E-state index contributed by atoms with van der Waals surface area (Å²) in [6.45, 7) is 3.56. The van der Waals surface area contributed by atoms with Gasteiger partial charge in [0.1, 0.15) is 0 Å². The summed E-state index contributed by atoms with van der Waals surface area (Å²) in [5.41, 5.74) is 0. The fourth-order valence-electron chi connectivity index (χ4n) is 0.534. The molecule has 11 heavy (non-hydrogen) atoms. The lowest BCUT2D eigenvalue weighted by Gasteiger charge is -2.10. The zero-order valence-electron chi connectivity index (χ0n) is 7.08. The minimum absolute atomic E-state index is 0.222. The molecule has 4 nitrogen and oxygen atoms in total. The van der Waals surface area contributed by atoms with Gasteiger partial charge in [-0.3, -0.25) is 0 Å². The second kappa shape index (κ2) is 7.94. The van der Waals surface area contributed by atoms with Crippen molar-refractivity contribution in [3.63, 3.8) is 0 Å². The molecule has 0 radical (unpaired) electrons. The van der Waals surface area contributed by atoms with Gasteiger partial charge in [0.15, 0.2) is 6.29 Å². The van der Waals surface area contributed by atoms with E-state index in [0.29, 0.717) is 19.8 Å². The Labute approximate surface area is 67.1 Å². The van der Waals surface area contributed by atoms with Crippen LogP contribution in [0.3, 0.4) is 0 Å². The summed E-state index contributed by atoms with van der Waals surface area (Å²) in [7, 11) is 1.58. The van der Waals surface area contributed by atoms with Crippen molar-refractivity contribution in [1.82, 2.24) is 0 Å². The fourth-order valence-corrected chi connectivity index (χ4v) is 0.534.